The van der Waals surface area contributed by atoms with Crippen molar-refractivity contribution in [3.05, 3.63) is 28.3 Å². The Kier molecular flexibility index (Phi) is 4.81. The lowest BCUT2D eigenvalue weighted by molar-refractivity contribution is -0.387. The fourth-order valence-corrected chi connectivity index (χ4v) is 2.90. The minimum Gasteiger partial charge on any atom is -0.399 e. The summed E-state index contributed by atoms with van der Waals surface area (Å²) in [5, 5.41) is 10.9. The van der Waals surface area contributed by atoms with Gasteiger partial charge >= 0.3 is 0 Å². The molecule has 1 aromatic carbocycles. The largest absolute Gasteiger partial charge is 0.399 e. The van der Waals surface area contributed by atoms with Gasteiger partial charge in [0.2, 0.25) is 10.0 Å². The first-order valence-corrected chi connectivity index (χ1v) is 6.81. The minimum atomic E-state index is -4.00. The van der Waals surface area contributed by atoms with E-state index in [1.54, 1.807) is 6.92 Å². The molecule has 0 bridgehead atoms. The third kappa shape index (κ3) is 3.88. The van der Waals surface area contributed by atoms with Crippen LogP contribution in [0.5, 0.6) is 0 Å². The number of nitrogens with two attached hydrogens (primary N) is 1. The quantitative estimate of drug-likeness (QED) is 0.446. The molecule has 1 atom stereocenters. The highest BCUT2D eigenvalue weighted by atomic mass is 32.2. The van der Waals surface area contributed by atoms with Crippen molar-refractivity contribution in [1.29, 1.82) is 0 Å². The van der Waals surface area contributed by atoms with E-state index in [9.17, 15) is 18.5 Å². The highest BCUT2D eigenvalue weighted by Gasteiger charge is 2.27. The molecule has 1 aromatic rings. The van der Waals surface area contributed by atoms with Crippen LogP contribution in [0.2, 0.25) is 0 Å². The number of hydrogen-bond acceptors (Lipinski definition) is 6. The van der Waals surface area contributed by atoms with Crippen LogP contribution in [-0.4, -0.2) is 33.1 Å². The fraction of sp³-hybridized carbons (Fsp3) is 0.400. The average molecular weight is 289 g/mol. The van der Waals surface area contributed by atoms with Crippen LogP contribution >= 0.6 is 0 Å². The van der Waals surface area contributed by atoms with E-state index < -0.39 is 31.6 Å². The van der Waals surface area contributed by atoms with Crippen LogP contribution in [0, 0.1) is 10.1 Å². The molecule has 0 radical (unpaired) electrons. The number of hydrogen-bond donors (Lipinski definition) is 2. The molecular weight excluding hydrogens is 274 g/mol. The number of nitro benzene ring substituents is 1. The van der Waals surface area contributed by atoms with E-state index in [1.807, 2.05) is 0 Å². The van der Waals surface area contributed by atoms with E-state index in [0.717, 1.165) is 12.1 Å². The van der Waals surface area contributed by atoms with Gasteiger partial charge in [-0.25, -0.2) is 13.1 Å². The number of rotatable bonds is 6. The molecule has 0 amide bonds. The maximum Gasteiger partial charge on any atom is 0.291 e. The molecule has 1 rings (SSSR count). The second-order valence-corrected chi connectivity index (χ2v) is 5.64. The van der Waals surface area contributed by atoms with E-state index >= 15 is 0 Å². The number of nitrogens with one attached hydrogen (secondary N) is 1. The zero-order valence-electron chi connectivity index (χ0n) is 10.5. The summed E-state index contributed by atoms with van der Waals surface area (Å²) in [5.74, 6) is 0. The second kappa shape index (κ2) is 5.95. The monoisotopic (exact) mass is 289 g/mol. The van der Waals surface area contributed by atoms with Crippen molar-refractivity contribution in [2.75, 3.05) is 19.5 Å². The molecule has 0 saturated carbocycles. The second-order valence-electron chi connectivity index (χ2n) is 3.96. The van der Waals surface area contributed by atoms with E-state index in [0.29, 0.717) is 0 Å². The molecule has 0 heterocycles. The van der Waals surface area contributed by atoms with Gasteiger partial charge in [0.1, 0.15) is 0 Å². The van der Waals surface area contributed by atoms with Crippen LogP contribution in [0.1, 0.15) is 6.92 Å². The molecule has 0 aromatic heterocycles. The van der Waals surface area contributed by atoms with Crippen molar-refractivity contribution < 1.29 is 18.1 Å². The van der Waals surface area contributed by atoms with Crippen molar-refractivity contribution in [3.63, 3.8) is 0 Å². The minimum absolute atomic E-state index is 0.121. The summed E-state index contributed by atoms with van der Waals surface area (Å²) in [6, 6.07) is 2.90. The molecule has 0 aliphatic rings. The highest BCUT2D eigenvalue weighted by molar-refractivity contribution is 7.89. The van der Waals surface area contributed by atoms with E-state index in [1.165, 1.54) is 13.2 Å². The number of sulfonamides is 1. The van der Waals surface area contributed by atoms with Gasteiger partial charge in [-0.05, 0) is 19.1 Å². The van der Waals surface area contributed by atoms with Gasteiger partial charge in [0.05, 0.1) is 11.5 Å². The third-order valence-electron chi connectivity index (χ3n) is 2.24. The molecule has 9 heteroatoms. The molecule has 19 heavy (non-hydrogen) atoms. The predicted molar refractivity (Wildman–Crippen MR) is 69.2 cm³/mol. The Labute approximate surface area is 110 Å². The Bertz CT molecular complexity index is 573. The summed E-state index contributed by atoms with van der Waals surface area (Å²) < 4.78 is 31.2. The summed E-state index contributed by atoms with van der Waals surface area (Å²) in [7, 11) is -2.57. The van der Waals surface area contributed by atoms with E-state index in [2.05, 4.69) is 4.72 Å². The van der Waals surface area contributed by atoms with Crippen LogP contribution in [0.4, 0.5) is 11.4 Å². The first-order chi connectivity index (χ1) is 8.77. The average Bonchev–Trinajstić information content (AvgIpc) is 2.27. The van der Waals surface area contributed by atoms with Gasteiger partial charge < -0.3 is 10.5 Å². The van der Waals surface area contributed by atoms with Gasteiger partial charge in [0.15, 0.2) is 4.90 Å². The zero-order chi connectivity index (χ0) is 14.6. The molecule has 106 valence electrons. The molecule has 3 N–H and O–H groups in total. The van der Waals surface area contributed by atoms with Crippen molar-refractivity contribution in [2.24, 2.45) is 0 Å². The molecule has 0 spiro atoms. The molecule has 0 fully saturated rings. The Morgan fingerprint density at radius 3 is 2.68 bits per heavy atom. The van der Waals surface area contributed by atoms with E-state index in [-0.39, 0.29) is 12.3 Å². The fourth-order valence-electron chi connectivity index (χ4n) is 1.52. The Balaban J connectivity index is 3.18. The lowest BCUT2D eigenvalue weighted by Crippen LogP contribution is -2.35. The number of ether oxygens (including phenoxy) is 1. The summed E-state index contributed by atoms with van der Waals surface area (Å²) in [6.07, 6.45) is 0. The maximum atomic E-state index is 12.0. The number of anilines is 1. The Morgan fingerprint density at radius 2 is 2.16 bits per heavy atom. The first-order valence-electron chi connectivity index (χ1n) is 5.33. The topological polar surface area (TPSA) is 125 Å². The zero-order valence-corrected chi connectivity index (χ0v) is 11.3. The van der Waals surface area contributed by atoms with Gasteiger partial charge in [0, 0.05) is 24.9 Å². The molecular formula is C10H15N3O5S. The van der Waals surface area contributed by atoms with Crippen LogP contribution < -0.4 is 10.5 Å². The molecule has 0 saturated heterocycles. The number of benzene rings is 1. The van der Waals surface area contributed by atoms with Gasteiger partial charge in [0.25, 0.3) is 5.69 Å². The van der Waals surface area contributed by atoms with Gasteiger partial charge in [-0.2, -0.15) is 0 Å². The van der Waals surface area contributed by atoms with E-state index in [4.69, 9.17) is 10.5 Å². The Morgan fingerprint density at radius 1 is 1.53 bits per heavy atom. The summed E-state index contributed by atoms with van der Waals surface area (Å²) >= 11 is 0. The van der Waals surface area contributed by atoms with Crippen LogP contribution in [0.3, 0.4) is 0 Å². The number of methoxy groups -OCH3 is 1. The summed E-state index contributed by atoms with van der Waals surface area (Å²) in [4.78, 5) is 9.66. The lowest BCUT2D eigenvalue weighted by atomic mass is 10.3. The van der Waals surface area contributed by atoms with Gasteiger partial charge in [-0.15, -0.1) is 0 Å². The number of nitro groups is 1. The van der Waals surface area contributed by atoms with Crippen molar-refractivity contribution in [1.82, 2.24) is 4.72 Å². The van der Waals surface area contributed by atoms with Crippen molar-refractivity contribution in [3.8, 4) is 0 Å². The first kappa shape index (κ1) is 15.3. The molecule has 1 unspecified atom stereocenters. The summed E-state index contributed by atoms with van der Waals surface area (Å²) in [5.41, 5.74) is 4.98. The van der Waals surface area contributed by atoms with Gasteiger partial charge in [-0.1, -0.05) is 0 Å². The van der Waals surface area contributed by atoms with Crippen molar-refractivity contribution in [2.45, 2.75) is 17.9 Å². The maximum absolute atomic E-state index is 12.0. The van der Waals surface area contributed by atoms with Gasteiger partial charge in [-0.3, -0.25) is 10.1 Å². The van der Waals surface area contributed by atoms with Crippen LogP contribution in [0.15, 0.2) is 23.1 Å². The molecule has 0 aliphatic carbocycles. The normalized spacial score (nSPS) is 13.2. The van der Waals surface area contributed by atoms with Crippen LogP contribution in [-0.2, 0) is 14.8 Å². The number of nitrogens with zero attached hydrogens (tertiary/aromatic N) is 1. The predicted octanol–water partition coefficient (Wildman–Crippen LogP) is 0.490. The van der Waals surface area contributed by atoms with Crippen molar-refractivity contribution >= 4 is 21.4 Å². The third-order valence-corrected chi connectivity index (χ3v) is 3.88. The highest BCUT2D eigenvalue weighted by Crippen LogP contribution is 2.25. The van der Waals surface area contributed by atoms with Crippen LogP contribution in [0.25, 0.3) is 0 Å². The Hall–Kier alpha value is -1.71. The molecule has 8 nitrogen and oxygen atoms in total. The lowest BCUT2D eigenvalue weighted by Gasteiger charge is -2.13. The number of nitrogen functional groups attached to an aromatic ring is 1. The SMILES string of the molecule is COCC(C)NS(=O)(=O)c1ccc(N)cc1[N+](=O)[O-]. The molecule has 0 aliphatic heterocycles. The smallest absolute Gasteiger partial charge is 0.291 e. The standard InChI is InChI=1S/C10H15N3O5S/c1-7(6-18-2)12-19(16,17)10-4-3-8(11)5-9(10)13(14)15/h3-5,7,12H,6,11H2,1-2H3. The summed E-state index contributed by atoms with van der Waals surface area (Å²) in [6.45, 7) is 1.74.